The van der Waals surface area contributed by atoms with Gasteiger partial charge in [0.1, 0.15) is 0 Å². The Morgan fingerprint density at radius 3 is 1.00 bits per heavy atom. The molecule has 8 nitrogen and oxygen atoms in total. The standard InChI is InChI=1S/C4H12N.H2O7S2/c1-5(2,3)4;1-8(2,3)7-9(4,5)6/h1-4H3;(H,1,2,3)(H,4,5,6)/q+1;. The van der Waals surface area contributed by atoms with Crippen molar-refractivity contribution in [3.05, 3.63) is 0 Å². The fourth-order valence-electron chi connectivity index (χ4n) is 0.109. The molecule has 0 atom stereocenters. The Morgan fingerprint density at radius 1 is 0.857 bits per heavy atom. The summed E-state index contributed by atoms with van der Waals surface area (Å²) < 4.78 is 56.6. The van der Waals surface area contributed by atoms with Gasteiger partial charge in [-0.25, -0.2) is 0 Å². The smallest absolute Gasteiger partial charge is 0.333 e. The fourth-order valence-corrected chi connectivity index (χ4v) is 0.978. The molecule has 0 bridgehead atoms. The molecule has 2 N–H and O–H groups in total. The summed E-state index contributed by atoms with van der Waals surface area (Å²) in [5.74, 6) is 0. The minimum absolute atomic E-state index is 1.00. The Hall–Kier alpha value is -0.260. The van der Waals surface area contributed by atoms with Crippen molar-refractivity contribution < 1.29 is 34.1 Å². The molecular formula is C4H14NO7S2+. The van der Waals surface area contributed by atoms with Gasteiger partial charge in [-0.2, -0.15) is 16.8 Å². The average molecular weight is 252 g/mol. The second-order valence-electron chi connectivity index (χ2n) is 3.61. The monoisotopic (exact) mass is 252 g/mol. The van der Waals surface area contributed by atoms with Crippen molar-refractivity contribution in [3.63, 3.8) is 0 Å². The van der Waals surface area contributed by atoms with E-state index in [1.165, 1.54) is 0 Å². The first-order valence-corrected chi connectivity index (χ1v) is 5.88. The zero-order valence-electron chi connectivity index (χ0n) is 8.20. The Labute approximate surface area is 83.6 Å². The van der Waals surface area contributed by atoms with Crippen molar-refractivity contribution in [1.82, 2.24) is 0 Å². The quantitative estimate of drug-likeness (QED) is 0.474. The van der Waals surface area contributed by atoms with Gasteiger partial charge in [0.05, 0.1) is 28.2 Å². The molecule has 0 aromatic heterocycles. The van der Waals surface area contributed by atoms with E-state index in [1.54, 1.807) is 0 Å². The molecule has 0 heterocycles. The largest absolute Gasteiger partial charge is 0.413 e. The second-order valence-corrected chi connectivity index (χ2v) is 5.86. The maximum atomic E-state index is 9.44. The van der Waals surface area contributed by atoms with Gasteiger partial charge < -0.3 is 4.48 Å². The fraction of sp³-hybridized carbons (Fsp3) is 1.00. The molecule has 0 aliphatic rings. The topological polar surface area (TPSA) is 118 Å². The van der Waals surface area contributed by atoms with E-state index in [0.29, 0.717) is 0 Å². The molecule has 0 spiro atoms. The molecule has 0 radical (unpaired) electrons. The highest BCUT2D eigenvalue weighted by Gasteiger charge is 2.15. The van der Waals surface area contributed by atoms with Crippen LogP contribution in [0.25, 0.3) is 0 Å². The maximum absolute atomic E-state index is 9.44. The van der Waals surface area contributed by atoms with Crippen molar-refractivity contribution in [1.29, 1.82) is 0 Å². The van der Waals surface area contributed by atoms with Gasteiger partial charge >= 0.3 is 20.8 Å². The Kier molecular flexibility index (Phi) is 5.78. The van der Waals surface area contributed by atoms with E-state index in [2.05, 4.69) is 31.8 Å². The average Bonchev–Trinajstić information content (AvgIpc) is 1.42. The zero-order valence-corrected chi connectivity index (χ0v) is 9.83. The molecular weight excluding hydrogens is 238 g/mol. The maximum Gasteiger partial charge on any atom is 0.413 e. The molecule has 0 aliphatic heterocycles. The van der Waals surface area contributed by atoms with Crippen LogP contribution in [0.4, 0.5) is 0 Å². The zero-order chi connectivity index (χ0) is 12.2. The van der Waals surface area contributed by atoms with Gasteiger partial charge in [-0.05, 0) is 0 Å². The Morgan fingerprint density at radius 2 is 1.00 bits per heavy atom. The van der Waals surface area contributed by atoms with Crippen LogP contribution in [0.5, 0.6) is 0 Å². The van der Waals surface area contributed by atoms with Gasteiger partial charge in [0.25, 0.3) is 0 Å². The predicted molar refractivity (Wildman–Crippen MR) is 48.1 cm³/mol. The number of nitrogens with zero attached hydrogens (tertiary/aromatic N) is 1. The molecule has 0 amide bonds. The molecule has 0 aromatic carbocycles. The highest BCUT2D eigenvalue weighted by Crippen LogP contribution is 1.91. The summed E-state index contributed by atoms with van der Waals surface area (Å²) in [5, 5.41) is 0. The van der Waals surface area contributed by atoms with E-state index in [1.807, 2.05) is 0 Å². The van der Waals surface area contributed by atoms with E-state index in [4.69, 9.17) is 9.11 Å². The van der Waals surface area contributed by atoms with Crippen molar-refractivity contribution in [3.8, 4) is 0 Å². The van der Waals surface area contributed by atoms with Crippen LogP contribution in [0, 0.1) is 0 Å². The van der Waals surface area contributed by atoms with E-state index in [-0.39, 0.29) is 0 Å². The van der Waals surface area contributed by atoms with E-state index >= 15 is 0 Å². The van der Waals surface area contributed by atoms with Gasteiger partial charge in [-0.15, -0.1) is 3.63 Å². The van der Waals surface area contributed by atoms with Crippen molar-refractivity contribution in [2.75, 3.05) is 28.2 Å². The normalized spacial score (nSPS) is 13.0. The summed E-state index contributed by atoms with van der Waals surface area (Å²) in [4.78, 5) is 0. The third-order valence-corrected chi connectivity index (χ3v) is 1.55. The first-order chi connectivity index (χ1) is 5.71. The predicted octanol–water partition coefficient (Wildman–Crippen LogP) is -1.07. The van der Waals surface area contributed by atoms with Gasteiger partial charge in [-0.1, -0.05) is 0 Å². The summed E-state index contributed by atoms with van der Waals surface area (Å²) >= 11 is 0. The van der Waals surface area contributed by atoms with Crippen LogP contribution in [0.3, 0.4) is 0 Å². The molecule has 88 valence electrons. The lowest BCUT2D eigenvalue weighted by molar-refractivity contribution is -0.849. The summed E-state index contributed by atoms with van der Waals surface area (Å²) in [5.41, 5.74) is 0. The van der Waals surface area contributed by atoms with Crippen LogP contribution in [0.1, 0.15) is 0 Å². The van der Waals surface area contributed by atoms with E-state index in [0.717, 1.165) is 4.48 Å². The first kappa shape index (κ1) is 16.2. The van der Waals surface area contributed by atoms with Crippen LogP contribution in [0.15, 0.2) is 0 Å². The number of hydrogen-bond donors (Lipinski definition) is 2. The molecule has 0 aromatic rings. The van der Waals surface area contributed by atoms with Crippen LogP contribution >= 0.6 is 0 Å². The summed E-state index contributed by atoms with van der Waals surface area (Å²) in [6, 6.07) is 0. The third kappa shape index (κ3) is 41.1. The van der Waals surface area contributed by atoms with Crippen molar-refractivity contribution >= 4 is 20.8 Å². The highest BCUT2D eigenvalue weighted by molar-refractivity contribution is 7.94. The molecule has 10 heteroatoms. The third-order valence-electron chi connectivity index (χ3n) is 0.172. The summed E-state index contributed by atoms with van der Waals surface area (Å²) in [7, 11) is -1.74. The van der Waals surface area contributed by atoms with Gasteiger partial charge in [0.15, 0.2) is 0 Å². The van der Waals surface area contributed by atoms with Crippen molar-refractivity contribution in [2.24, 2.45) is 0 Å². The van der Waals surface area contributed by atoms with Gasteiger partial charge in [0, 0.05) is 0 Å². The lowest BCUT2D eigenvalue weighted by Crippen LogP contribution is -2.27. The lowest BCUT2D eigenvalue weighted by Gasteiger charge is -2.14. The summed E-state index contributed by atoms with van der Waals surface area (Å²) in [6.07, 6.45) is 0. The van der Waals surface area contributed by atoms with Crippen molar-refractivity contribution in [2.45, 2.75) is 0 Å². The molecule has 0 saturated carbocycles. The summed E-state index contributed by atoms with van der Waals surface area (Å²) in [6.45, 7) is 0. The van der Waals surface area contributed by atoms with Gasteiger partial charge in [0.2, 0.25) is 0 Å². The molecule has 0 saturated heterocycles. The number of rotatable bonds is 2. The molecule has 14 heavy (non-hydrogen) atoms. The van der Waals surface area contributed by atoms with Gasteiger partial charge in [-0.3, -0.25) is 9.11 Å². The number of quaternary nitrogens is 1. The second kappa shape index (κ2) is 5.00. The molecule has 0 fully saturated rings. The van der Waals surface area contributed by atoms with Crippen LogP contribution in [0.2, 0.25) is 0 Å². The van der Waals surface area contributed by atoms with E-state index in [9.17, 15) is 16.8 Å². The Balaban J connectivity index is 0. The molecule has 0 rings (SSSR count). The first-order valence-electron chi connectivity index (χ1n) is 3.15. The number of hydrogen-bond acceptors (Lipinski definition) is 5. The minimum atomic E-state index is -5.12. The molecule has 0 unspecified atom stereocenters. The molecule has 0 aliphatic carbocycles. The van der Waals surface area contributed by atoms with Crippen LogP contribution in [-0.2, 0) is 24.4 Å². The SMILES string of the molecule is C[N+](C)(C)C.O=S(=O)(O)OS(=O)(=O)O. The Bertz CT molecular complexity index is 312. The minimum Gasteiger partial charge on any atom is -0.333 e. The lowest BCUT2D eigenvalue weighted by atomic mass is 10.8. The van der Waals surface area contributed by atoms with E-state index < -0.39 is 20.8 Å². The van der Waals surface area contributed by atoms with Crippen LogP contribution < -0.4 is 0 Å². The highest BCUT2D eigenvalue weighted by atomic mass is 32.3. The van der Waals surface area contributed by atoms with Crippen LogP contribution in [-0.4, -0.2) is 58.6 Å².